The van der Waals surface area contributed by atoms with Crippen LogP contribution in [0.2, 0.25) is 0 Å². The molecule has 4 fully saturated rings. The van der Waals surface area contributed by atoms with Gasteiger partial charge < -0.3 is 0 Å². The van der Waals surface area contributed by atoms with Gasteiger partial charge in [-0.2, -0.15) is 5.10 Å². The summed E-state index contributed by atoms with van der Waals surface area (Å²) < 4.78 is 59.0. The molecular formula is C22H30N4O4S2. The van der Waals surface area contributed by atoms with Gasteiger partial charge in [-0.15, -0.1) is 0 Å². The Balaban J connectivity index is 1.32. The normalized spacial score (nSPS) is 29.4. The highest BCUT2D eigenvalue weighted by atomic mass is 32.2. The van der Waals surface area contributed by atoms with Gasteiger partial charge in [0.2, 0.25) is 10.0 Å². The fourth-order valence-electron chi connectivity index (χ4n) is 6.50. The number of benzene rings is 1. The predicted molar refractivity (Wildman–Crippen MR) is 121 cm³/mol. The minimum Gasteiger partial charge on any atom is -0.280 e. The van der Waals surface area contributed by atoms with Crippen molar-refractivity contribution in [3.8, 4) is 0 Å². The molecule has 1 aromatic carbocycles. The van der Waals surface area contributed by atoms with E-state index in [9.17, 15) is 16.8 Å². The van der Waals surface area contributed by atoms with E-state index in [1.54, 1.807) is 11.6 Å². The molecule has 0 saturated heterocycles. The Bertz CT molecular complexity index is 1200. The van der Waals surface area contributed by atoms with Crippen LogP contribution in [0.4, 0.5) is 5.69 Å². The Kier molecular flexibility index (Phi) is 5.18. The van der Waals surface area contributed by atoms with E-state index < -0.39 is 20.0 Å². The summed E-state index contributed by atoms with van der Waals surface area (Å²) in [5.74, 6) is 1.92. The number of aromatic nitrogens is 2. The summed E-state index contributed by atoms with van der Waals surface area (Å²) in [6.45, 7) is 4.17. The topological polar surface area (TPSA) is 110 Å². The monoisotopic (exact) mass is 478 g/mol. The first-order chi connectivity index (χ1) is 15.1. The maximum Gasteiger partial charge on any atom is 0.265 e. The molecule has 8 nitrogen and oxygen atoms in total. The van der Waals surface area contributed by atoms with Gasteiger partial charge in [0.15, 0.2) is 0 Å². The fraction of sp³-hybridized carbons (Fsp3) is 0.591. The van der Waals surface area contributed by atoms with E-state index in [4.69, 9.17) is 0 Å². The lowest BCUT2D eigenvalue weighted by atomic mass is 9.53. The molecule has 2 aromatic rings. The molecule has 4 bridgehead atoms. The van der Waals surface area contributed by atoms with Gasteiger partial charge in [-0.3, -0.25) is 9.40 Å². The minimum absolute atomic E-state index is 0.111. The number of nitrogens with one attached hydrogen (secondary N) is 2. The third kappa shape index (κ3) is 3.86. The summed E-state index contributed by atoms with van der Waals surface area (Å²) in [6, 6.07) is 5.91. The zero-order valence-electron chi connectivity index (χ0n) is 18.4. The Labute approximate surface area is 189 Å². The molecule has 10 heteroatoms. The molecule has 0 amide bonds. The molecule has 2 N–H and O–H groups in total. The van der Waals surface area contributed by atoms with E-state index in [1.165, 1.54) is 49.7 Å². The van der Waals surface area contributed by atoms with Crippen LogP contribution in [0.25, 0.3) is 0 Å². The van der Waals surface area contributed by atoms with Crippen molar-refractivity contribution in [2.75, 3.05) is 4.72 Å². The van der Waals surface area contributed by atoms with Crippen LogP contribution in [-0.4, -0.2) is 32.2 Å². The number of rotatable bonds is 7. The van der Waals surface area contributed by atoms with E-state index in [-0.39, 0.29) is 15.3 Å². The average Bonchev–Trinajstić information content (AvgIpc) is 3.07. The first-order valence-corrected chi connectivity index (χ1v) is 14.2. The highest BCUT2D eigenvalue weighted by Gasteiger charge is 2.52. The van der Waals surface area contributed by atoms with Crippen LogP contribution >= 0.6 is 0 Å². The van der Waals surface area contributed by atoms with E-state index >= 15 is 0 Å². The number of hydrogen-bond acceptors (Lipinski definition) is 5. The number of aryl methyl sites for hydroxylation is 1. The van der Waals surface area contributed by atoms with Gasteiger partial charge in [-0.05, 0) is 94.4 Å². The van der Waals surface area contributed by atoms with Crippen molar-refractivity contribution >= 4 is 25.7 Å². The number of hydrogen-bond donors (Lipinski definition) is 2. The van der Waals surface area contributed by atoms with E-state index in [1.807, 2.05) is 6.92 Å². The van der Waals surface area contributed by atoms with Gasteiger partial charge in [0.25, 0.3) is 10.0 Å². The number of nitrogens with zero attached hydrogens (tertiary/aromatic N) is 2. The summed E-state index contributed by atoms with van der Waals surface area (Å²) in [5, 5.41) is 4.09. The molecule has 0 aliphatic heterocycles. The lowest BCUT2D eigenvalue weighted by Gasteiger charge is -2.56. The Morgan fingerprint density at radius 2 is 1.53 bits per heavy atom. The molecule has 0 atom stereocenters. The summed E-state index contributed by atoms with van der Waals surface area (Å²) in [5.41, 5.74) is 0.548. The zero-order chi connectivity index (χ0) is 22.7. The summed E-state index contributed by atoms with van der Waals surface area (Å²) in [7, 11) is -7.50. The molecule has 6 rings (SSSR count). The summed E-state index contributed by atoms with van der Waals surface area (Å²) >= 11 is 0. The second-order valence-corrected chi connectivity index (χ2v) is 13.2. The molecule has 0 radical (unpaired) electrons. The molecule has 0 unspecified atom stereocenters. The first-order valence-electron chi connectivity index (χ1n) is 11.3. The Hall–Kier alpha value is -1.91. The molecule has 4 aliphatic rings. The first kappa shape index (κ1) is 21.9. The third-order valence-electron chi connectivity index (χ3n) is 7.45. The molecule has 32 heavy (non-hydrogen) atoms. The van der Waals surface area contributed by atoms with Crippen molar-refractivity contribution < 1.29 is 16.8 Å². The maximum absolute atomic E-state index is 13.2. The number of sulfonamides is 2. The largest absolute Gasteiger partial charge is 0.280 e. The van der Waals surface area contributed by atoms with E-state index in [2.05, 4.69) is 14.5 Å². The van der Waals surface area contributed by atoms with Crippen LogP contribution in [0.1, 0.15) is 51.1 Å². The SMILES string of the molecule is CCn1ncc(S(=O)(=O)Nc2ccc(S(=O)(=O)NC34CC5CC(CC(C5)C3)C4)cc2)c1C. The minimum atomic E-state index is -3.82. The lowest BCUT2D eigenvalue weighted by Crippen LogP contribution is -2.59. The van der Waals surface area contributed by atoms with Gasteiger partial charge in [-0.1, -0.05) is 0 Å². The van der Waals surface area contributed by atoms with Gasteiger partial charge in [-0.25, -0.2) is 21.6 Å². The van der Waals surface area contributed by atoms with Gasteiger partial charge in [0.05, 0.1) is 16.8 Å². The average molecular weight is 479 g/mol. The second kappa shape index (κ2) is 7.56. The Morgan fingerprint density at radius 3 is 2.03 bits per heavy atom. The molecule has 4 saturated carbocycles. The van der Waals surface area contributed by atoms with Crippen LogP contribution in [0, 0.1) is 24.7 Å². The zero-order valence-corrected chi connectivity index (χ0v) is 20.0. The summed E-state index contributed by atoms with van der Waals surface area (Å²) in [6.07, 6.45) is 7.85. The second-order valence-electron chi connectivity index (χ2n) is 9.84. The molecule has 0 spiro atoms. The van der Waals surface area contributed by atoms with E-state index in [0.717, 1.165) is 19.3 Å². The molecule has 1 heterocycles. The van der Waals surface area contributed by atoms with Gasteiger partial charge >= 0.3 is 0 Å². The van der Waals surface area contributed by atoms with Crippen LogP contribution < -0.4 is 9.44 Å². The van der Waals surface area contributed by atoms with Gasteiger partial charge in [0.1, 0.15) is 4.90 Å². The predicted octanol–water partition coefficient (Wildman–Crippen LogP) is 3.26. The summed E-state index contributed by atoms with van der Waals surface area (Å²) in [4.78, 5) is 0.269. The van der Waals surface area contributed by atoms with E-state index in [0.29, 0.717) is 35.7 Å². The highest BCUT2D eigenvalue weighted by Crippen LogP contribution is 2.56. The Morgan fingerprint density at radius 1 is 0.969 bits per heavy atom. The van der Waals surface area contributed by atoms with Crippen molar-refractivity contribution in [3.05, 3.63) is 36.2 Å². The lowest BCUT2D eigenvalue weighted by molar-refractivity contribution is -0.00810. The standard InChI is InChI=1S/C22H30N4O4S2/c1-3-26-15(2)21(14-23-26)32(29,30)24-19-4-6-20(7-5-19)31(27,28)25-22-11-16-8-17(12-22)10-18(9-16)13-22/h4-7,14,16-18,24-25H,3,8-13H2,1-2H3. The fourth-order valence-corrected chi connectivity index (χ4v) is 9.17. The smallest absolute Gasteiger partial charge is 0.265 e. The molecule has 4 aliphatic carbocycles. The molecule has 174 valence electrons. The van der Waals surface area contributed by atoms with Gasteiger partial charge in [0, 0.05) is 17.8 Å². The van der Waals surface area contributed by atoms with Crippen molar-refractivity contribution in [3.63, 3.8) is 0 Å². The van der Waals surface area contributed by atoms with Crippen molar-refractivity contribution in [1.82, 2.24) is 14.5 Å². The quantitative estimate of drug-likeness (QED) is 0.635. The number of anilines is 1. The molecular weight excluding hydrogens is 448 g/mol. The third-order valence-corrected chi connectivity index (χ3v) is 10.5. The van der Waals surface area contributed by atoms with Crippen LogP contribution in [0.15, 0.2) is 40.3 Å². The van der Waals surface area contributed by atoms with Crippen molar-refractivity contribution in [2.24, 2.45) is 17.8 Å². The van der Waals surface area contributed by atoms with Crippen LogP contribution in [-0.2, 0) is 26.6 Å². The van der Waals surface area contributed by atoms with Crippen LogP contribution in [0.5, 0.6) is 0 Å². The molecule has 1 aromatic heterocycles. The van der Waals surface area contributed by atoms with Crippen molar-refractivity contribution in [1.29, 1.82) is 0 Å². The van der Waals surface area contributed by atoms with Crippen LogP contribution in [0.3, 0.4) is 0 Å². The maximum atomic E-state index is 13.2. The highest BCUT2D eigenvalue weighted by molar-refractivity contribution is 7.92. The van der Waals surface area contributed by atoms with Crippen molar-refractivity contribution in [2.45, 2.75) is 74.2 Å².